The molecule has 1 unspecified atom stereocenters. The summed E-state index contributed by atoms with van der Waals surface area (Å²) in [6.07, 6.45) is -12.7. The Morgan fingerprint density at radius 2 is 1.48 bits per heavy atom. The highest BCUT2D eigenvalue weighted by atomic mass is 32.2. The first kappa shape index (κ1) is 21.1. The summed E-state index contributed by atoms with van der Waals surface area (Å²) >= 11 is -0.555. The topological polar surface area (TPSA) is 102 Å². The van der Waals surface area contributed by atoms with Gasteiger partial charge in [-0.05, 0) is 0 Å². The summed E-state index contributed by atoms with van der Waals surface area (Å²) in [4.78, 5) is 17.9. The molecule has 0 bridgehead atoms. The molecule has 0 aliphatic carbocycles. The van der Waals surface area contributed by atoms with Crippen LogP contribution in [-0.4, -0.2) is 63.6 Å². The molecule has 1 atom stereocenters. The second-order valence-electron chi connectivity index (χ2n) is 4.33. The molecule has 1 heterocycles. The molecule has 0 radical (unpaired) electrons. The molecule has 1 aromatic heterocycles. The number of carbonyl (C=O) groups is 1. The van der Waals surface area contributed by atoms with Crippen LogP contribution in [0.1, 0.15) is 0 Å². The fraction of sp³-hybridized carbons (Fsp3) is 0.545. The van der Waals surface area contributed by atoms with Gasteiger partial charge in [-0.25, -0.2) is 0 Å². The number of thioether (sulfide) groups is 1. The van der Waals surface area contributed by atoms with E-state index in [9.17, 15) is 36.2 Å². The second kappa shape index (κ2) is 7.11. The van der Waals surface area contributed by atoms with Crippen molar-refractivity contribution in [3.8, 4) is 11.8 Å². The molecule has 0 saturated heterocycles. The maximum absolute atomic E-state index is 12.9. The number of carboxylic acids is 1. The predicted octanol–water partition coefficient (Wildman–Crippen LogP) is 1.89. The minimum absolute atomic E-state index is 0.305. The summed E-state index contributed by atoms with van der Waals surface area (Å²) in [5.74, 6) is -3.19. The molecule has 0 aliphatic rings. The van der Waals surface area contributed by atoms with Crippen molar-refractivity contribution in [2.45, 2.75) is 28.4 Å². The van der Waals surface area contributed by atoms with E-state index in [-0.39, 0.29) is 11.8 Å². The van der Waals surface area contributed by atoms with E-state index < -0.39 is 46.1 Å². The van der Waals surface area contributed by atoms with E-state index in [2.05, 4.69) is 19.4 Å². The average molecular weight is 396 g/mol. The lowest BCUT2D eigenvalue weighted by Gasteiger charge is -2.35. The highest BCUT2D eigenvalue weighted by Gasteiger charge is 2.76. The van der Waals surface area contributed by atoms with Crippen molar-refractivity contribution in [1.29, 1.82) is 0 Å². The number of ether oxygens (including phenoxy) is 2. The van der Waals surface area contributed by atoms with Crippen LogP contribution < -0.4 is 9.47 Å². The van der Waals surface area contributed by atoms with Gasteiger partial charge in [-0.1, -0.05) is 11.8 Å². The van der Waals surface area contributed by atoms with Crippen LogP contribution in [0.3, 0.4) is 0 Å². The minimum Gasteiger partial charge on any atom is -0.481 e. The van der Waals surface area contributed by atoms with Crippen LogP contribution >= 0.6 is 11.8 Å². The van der Waals surface area contributed by atoms with E-state index in [1.54, 1.807) is 0 Å². The normalized spacial score (nSPS) is 14.1. The number of carboxylic acid groups (broad SMARTS) is 1. The molecule has 142 valence electrons. The van der Waals surface area contributed by atoms with Crippen LogP contribution in [0.4, 0.5) is 26.3 Å². The summed E-state index contributed by atoms with van der Waals surface area (Å²) in [7, 11) is 2.18. The van der Waals surface area contributed by atoms with Gasteiger partial charge in [-0.15, -0.1) is 0 Å². The maximum atomic E-state index is 12.9. The van der Waals surface area contributed by atoms with Crippen LogP contribution in [0.25, 0.3) is 0 Å². The second-order valence-corrected chi connectivity index (χ2v) is 5.41. The van der Waals surface area contributed by atoms with Crippen LogP contribution in [0.15, 0.2) is 11.2 Å². The molecule has 25 heavy (non-hydrogen) atoms. The Kier molecular flexibility index (Phi) is 6.00. The first-order valence-electron chi connectivity index (χ1n) is 6.00. The highest BCUT2D eigenvalue weighted by Crippen LogP contribution is 2.49. The molecule has 0 aromatic carbocycles. The van der Waals surface area contributed by atoms with E-state index >= 15 is 0 Å². The van der Waals surface area contributed by atoms with E-state index in [0.717, 1.165) is 20.3 Å². The zero-order chi connectivity index (χ0) is 19.6. The lowest BCUT2D eigenvalue weighted by molar-refractivity contribution is -0.365. The number of rotatable bonds is 6. The predicted molar refractivity (Wildman–Crippen MR) is 69.5 cm³/mol. The summed E-state index contributed by atoms with van der Waals surface area (Å²) in [5.41, 5.74) is -5.55. The van der Waals surface area contributed by atoms with Gasteiger partial charge in [0.2, 0.25) is 11.8 Å². The van der Waals surface area contributed by atoms with Gasteiger partial charge in [0.25, 0.3) is 5.60 Å². The number of nitrogens with zero attached hydrogens (tertiary/aromatic N) is 2. The Hall–Kier alpha value is -1.96. The van der Waals surface area contributed by atoms with Gasteiger partial charge >= 0.3 is 18.3 Å². The molecular weight excluding hydrogens is 386 g/mol. The molecule has 2 N–H and O–H groups in total. The summed E-state index contributed by atoms with van der Waals surface area (Å²) in [5, 5.41) is 13.8. The highest BCUT2D eigenvalue weighted by molar-refractivity contribution is 8.00. The van der Waals surface area contributed by atoms with Gasteiger partial charge in [-0.3, -0.25) is 4.79 Å². The third-order valence-corrected chi connectivity index (χ3v) is 3.94. The number of hydrogen-bond donors (Lipinski definition) is 2. The van der Waals surface area contributed by atoms with Crippen LogP contribution in [0.2, 0.25) is 0 Å². The standard InChI is InChI=1S/C11H10F6N2O5S/c1-23-4-3-5(24-2)19-8(18-4)25-6(7(20)21)9(22,10(12,13)14)11(15,16)17/h3,6,22H,1-2H3,(H,20,21). The van der Waals surface area contributed by atoms with Crippen LogP contribution in [0, 0.1) is 0 Å². The molecular formula is C11H10F6N2O5S. The lowest BCUT2D eigenvalue weighted by atomic mass is 9.97. The Labute approximate surface area is 140 Å². The van der Waals surface area contributed by atoms with Gasteiger partial charge in [-0.2, -0.15) is 36.3 Å². The fourth-order valence-electron chi connectivity index (χ4n) is 1.52. The largest absolute Gasteiger partial charge is 0.481 e. The number of methoxy groups -OCH3 is 2. The molecule has 0 fully saturated rings. The first-order valence-corrected chi connectivity index (χ1v) is 6.88. The first-order chi connectivity index (χ1) is 11.3. The molecule has 7 nitrogen and oxygen atoms in total. The third kappa shape index (κ3) is 4.18. The number of aromatic nitrogens is 2. The molecule has 14 heteroatoms. The Balaban J connectivity index is 3.45. The zero-order valence-electron chi connectivity index (χ0n) is 12.3. The van der Waals surface area contributed by atoms with Gasteiger partial charge in [0, 0.05) is 0 Å². The average Bonchev–Trinajstić information content (AvgIpc) is 2.48. The van der Waals surface area contributed by atoms with Crippen LogP contribution in [-0.2, 0) is 4.79 Å². The molecule has 0 aliphatic heterocycles. The van der Waals surface area contributed by atoms with E-state index in [0.29, 0.717) is 0 Å². The zero-order valence-corrected chi connectivity index (χ0v) is 13.2. The van der Waals surface area contributed by atoms with Crippen molar-refractivity contribution in [1.82, 2.24) is 9.97 Å². The van der Waals surface area contributed by atoms with Crippen LogP contribution in [0.5, 0.6) is 11.8 Å². The van der Waals surface area contributed by atoms with Crippen molar-refractivity contribution < 1.29 is 50.8 Å². The Bertz CT molecular complexity index is 602. The fourth-order valence-corrected chi connectivity index (χ4v) is 2.56. The van der Waals surface area contributed by atoms with Crippen molar-refractivity contribution in [2.24, 2.45) is 0 Å². The number of alkyl halides is 6. The van der Waals surface area contributed by atoms with E-state index in [4.69, 9.17) is 5.11 Å². The monoisotopic (exact) mass is 396 g/mol. The smallest absolute Gasteiger partial charge is 0.428 e. The third-order valence-electron chi connectivity index (χ3n) is 2.77. The summed E-state index contributed by atoms with van der Waals surface area (Å²) in [6, 6.07) is 1.06. The Morgan fingerprint density at radius 1 is 1.08 bits per heavy atom. The SMILES string of the molecule is COc1cc(OC)nc(SC(C(=O)O)C(O)(C(F)(F)F)C(F)(F)F)n1. The van der Waals surface area contributed by atoms with Crippen molar-refractivity contribution in [3.63, 3.8) is 0 Å². The van der Waals surface area contributed by atoms with Crippen molar-refractivity contribution in [3.05, 3.63) is 6.07 Å². The van der Waals surface area contributed by atoms with E-state index in [1.807, 2.05) is 0 Å². The Morgan fingerprint density at radius 3 is 1.76 bits per heavy atom. The molecule has 1 rings (SSSR count). The number of halogens is 6. The number of hydrogen-bond acceptors (Lipinski definition) is 7. The van der Waals surface area contributed by atoms with Gasteiger partial charge < -0.3 is 19.7 Å². The van der Waals surface area contributed by atoms with Crippen molar-refractivity contribution >= 4 is 17.7 Å². The molecule has 0 amide bonds. The van der Waals surface area contributed by atoms with Gasteiger partial charge in [0.15, 0.2) is 10.4 Å². The van der Waals surface area contributed by atoms with Gasteiger partial charge in [0.1, 0.15) is 0 Å². The van der Waals surface area contributed by atoms with E-state index in [1.165, 1.54) is 0 Å². The maximum Gasteiger partial charge on any atom is 0.428 e. The summed E-state index contributed by atoms with van der Waals surface area (Å²) < 4.78 is 86.5. The molecule has 0 saturated carbocycles. The number of aliphatic hydroxyl groups is 1. The van der Waals surface area contributed by atoms with Crippen molar-refractivity contribution in [2.75, 3.05) is 14.2 Å². The quantitative estimate of drug-likeness (QED) is 0.427. The minimum atomic E-state index is -6.33. The number of aliphatic carboxylic acids is 1. The lowest BCUT2D eigenvalue weighted by Crippen LogP contribution is -2.65. The van der Waals surface area contributed by atoms with Gasteiger partial charge in [0.05, 0.1) is 20.3 Å². The molecule has 0 spiro atoms. The summed E-state index contributed by atoms with van der Waals surface area (Å²) in [6.45, 7) is 0. The molecule has 1 aromatic rings.